The van der Waals surface area contributed by atoms with E-state index in [0.717, 1.165) is 12.1 Å². The zero-order valence-electron chi connectivity index (χ0n) is 15.0. The van der Waals surface area contributed by atoms with E-state index in [9.17, 15) is 18.0 Å². The number of carbonyl (C=O) groups excluding carboxylic acids is 1. The molecule has 9 heteroatoms. The number of hydrogen-bond acceptors (Lipinski definition) is 4. The van der Waals surface area contributed by atoms with E-state index in [2.05, 4.69) is 4.98 Å². The zero-order valence-corrected chi connectivity index (χ0v) is 15.8. The Morgan fingerprint density at radius 3 is 2.54 bits per heavy atom. The summed E-state index contributed by atoms with van der Waals surface area (Å²) < 4.78 is 40.0. The van der Waals surface area contributed by atoms with Gasteiger partial charge in [-0.05, 0) is 31.5 Å². The first-order valence-corrected chi connectivity index (χ1v) is 9.34. The summed E-state index contributed by atoms with van der Waals surface area (Å²) in [6, 6.07) is 6.47. The number of hydrogen-bond donors (Lipinski definition) is 2. The van der Waals surface area contributed by atoms with E-state index in [1.807, 2.05) is 4.57 Å². The van der Waals surface area contributed by atoms with Crippen LogP contribution in [0.4, 0.5) is 13.2 Å². The molecule has 5 nitrogen and oxygen atoms in total. The number of primary amides is 1. The summed E-state index contributed by atoms with van der Waals surface area (Å²) in [5, 5.41) is 11.5. The number of rotatable bonds is 6. The number of aliphatic hydroxyl groups is 1. The van der Waals surface area contributed by atoms with Crippen molar-refractivity contribution in [1.82, 2.24) is 9.55 Å². The van der Waals surface area contributed by atoms with E-state index in [0.29, 0.717) is 46.2 Å². The Labute approximate surface area is 163 Å². The third-order valence-electron chi connectivity index (χ3n) is 4.40. The van der Waals surface area contributed by atoms with Crippen molar-refractivity contribution in [3.8, 4) is 22.0 Å². The summed E-state index contributed by atoms with van der Waals surface area (Å²) in [5.41, 5.74) is 7.62. The topological polar surface area (TPSA) is 81.1 Å². The van der Waals surface area contributed by atoms with Crippen LogP contribution in [-0.2, 0) is 12.7 Å². The van der Waals surface area contributed by atoms with Crippen LogP contribution in [0, 0.1) is 6.92 Å². The minimum atomic E-state index is -4.39. The summed E-state index contributed by atoms with van der Waals surface area (Å²) >= 11 is 1.30. The fourth-order valence-corrected chi connectivity index (χ4v) is 3.77. The molecule has 3 aromatic rings. The van der Waals surface area contributed by atoms with E-state index in [4.69, 9.17) is 10.8 Å². The average Bonchev–Trinajstić information content (AvgIpc) is 3.24. The molecule has 2 heterocycles. The summed E-state index contributed by atoms with van der Waals surface area (Å²) in [6.07, 6.45) is -3.89. The predicted octanol–water partition coefficient (Wildman–Crippen LogP) is 4.09. The lowest BCUT2D eigenvalue weighted by Gasteiger charge is -2.09. The SMILES string of the molecule is Cc1c(C(N)=O)cc(-c2csc(-c3ccc(C(F)(F)F)cc3)n2)n1CCCO. The Hall–Kier alpha value is -2.65. The van der Waals surface area contributed by atoms with Gasteiger partial charge in [-0.2, -0.15) is 13.2 Å². The number of amides is 1. The maximum absolute atomic E-state index is 12.7. The highest BCUT2D eigenvalue weighted by atomic mass is 32.1. The maximum Gasteiger partial charge on any atom is 0.416 e. The number of aromatic nitrogens is 2. The Bertz CT molecular complexity index is 991. The fourth-order valence-electron chi connectivity index (χ4n) is 2.95. The molecule has 0 radical (unpaired) electrons. The Kier molecular flexibility index (Phi) is 5.57. The molecule has 28 heavy (non-hydrogen) atoms. The number of aliphatic hydroxyl groups excluding tert-OH is 1. The lowest BCUT2D eigenvalue weighted by Crippen LogP contribution is -2.12. The standard InChI is InChI=1S/C19H18F3N3O2S/c1-11-14(17(23)27)9-16(25(11)7-2-8-26)15-10-28-18(24-15)12-3-5-13(6-4-12)19(20,21)22/h3-6,9-10,26H,2,7-8H2,1H3,(H2,23,27). The van der Waals surface area contributed by atoms with Gasteiger partial charge in [-0.1, -0.05) is 12.1 Å². The van der Waals surface area contributed by atoms with Crippen molar-refractivity contribution in [3.63, 3.8) is 0 Å². The molecule has 3 rings (SSSR count). The number of carbonyl (C=O) groups is 1. The number of halogens is 3. The van der Waals surface area contributed by atoms with Crippen LogP contribution in [0.2, 0.25) is 0 Å². The minimum absolute atomic E-state index is 0.00314. The highest BCUT2D eigenvalue weighted by Crippen LogP contribution is 2.34. The van der Waals surface area contributed by atoms with Gasteiger partial charge in [-0.25, -0.2) is 4.98 Å². The third kappa shape index (κ3) is 3.95. The van der Waals surface area contributed by atoms with Crippen molar-refractivity contribution in [2.45, 2.75) is 26.1 Å². The van der Waals surface area contributed by atoms with Crippen molar-refractivity contribution in [1.29, 1.82) is 0 Å². The van der Waals surface area contributed by atoms with Gasteiger partial charge < -0.3 is 15.4 Å². The first-order valence-electron chi connectivity index (χ1n) is 8.46. The molecule has 3 N–H and O–H groups in total. The Morgan fingerprint density at radius 2 is 1.96 bits per heavy atom. The van der Waals surface area contributed by atoms with Crippen molar-refractivity contribution in [3.05, 3.63) is 52.5 Å². The second-order valence-electron chi connectivity index (χ2n) is 6.23. The van der Waals surface area contributed by atoms with Gasteiger partial charge in [-0.3, -0.25) is 4.79 Å². The molecular formula is C19H18F3N3O2S. The van der Waals surface area contributed by atoms with E-state index < -0.39 is 17.6 Å². The van der Waals surface area contributed by atoms with E-state index in [1.165, 1.54) is 23.5 Å². The largest absolute Gasteiger partial charge is 0.416 e. The van der Waals surface area contributed by atoms with Gasteiger partial charge in [0.25, 0.3) is 5.91 Å². The zero-order chi connectivity index (χ0) is 20.5. The van der Waals surface area contributed by atoms with Gasteiger partial charge >= 0.3 is 6.18 Å². The smallest absolute Gasteiger partial charge is 0.396 e. The molecule has 148 valence electrons. The molecule has 1 aromatic carbocycles. The normalized spacial score (nSPS) is 11.8. The van der Waals surface area contributed by atoms with Gasteiger partial charge in [0, 0.05) is 29.8 Å². The monoisotopic (exact) mass is 409 g/mol. The average molecular weight is 409 g/mol. The first-order chi connectivity index (χ1) is 13.2. The minimum Gasteiger partial charge on any atom is -0.396 e. The summed E-state index contributed by atoms with van der Waals surface area (Å²) in [6.45, 7) is 2.25. The van der Waals surface area contributed by atoms with Crippen molar-refractivity contribution in [2.75, 3.05) is 6.61 Å². The molecule has 0 aliphatic rings. The third-order valence-corrected chi connectivity index (χ3v) is 5.29. The van der Waals surface area contributed by atoms with E-state index in [1.54, 1.807) is 18.4 Å². The van der Waals surface area contributed by atoms with Crippen LogP contribution in [0.3, 0.4) is 0 Å². The lowest BCUT2D eigenvalue weighted by molar-refractivity contribution is -0.137. The van der Waals surface area contributed by atoms with Crippen LogP contribution < -0.4 is 5.73 Å². The molecule has 0 aliphatic heterocycles. The Balaban J connectivity index is 1.97. The highest BCUT2D eigenvalue weighted by molar-refractivity contribution is 7.13. The van der Waals surface area contributed by atoms with Crippen molar-refractivity contribution >= 4 is 17.2 Å². The number of thiazole rings is 1. The van der Waals surface area contributed by atoms with Gasteiger partial charge in [0.15, 0.2) is 0 Å². The van der Waals surface area contributed by atoms with Gasteiger partial charge in [-0.15, -0.1) is 11.3 Å². The van der Waals surface area contributed by atoms with E-state index in [-0.39, 0.29) is 6.61 Å². The Morgan fingerprint density at radius 1 is 1.29 bits per heavy atom. The van der Waals surface area contributed by atoms with Crippen LogP contribution >= 0.6 is 11.3 Å². The molecule has 0 unspecified atom stereocenters. The maximum atomic E-state index is 12.7. The van der Waals surface area contributed by atoms with E-state index >= 15 is 0 Å². The molecule has 0 aliphatic carbocycles. The van der Waals surface area contributed by atoms with Crippen LogP contribution in [0.25, 0.3) is 22.0 Å². The van der Waals surface area contributed by atoms with Crippen LogP contribution in [0.5, 0.6) is 0 Å². The molecule has 0 spiro atoms. The van der Waals surface area contributed by atoms with Crippen LogP contribution in [0.15, 0.2) is 35.7 Å². The lowest BCUT2D eigenvalue weighted by atomic mass is 10.1. The second kappa shape index (κ2) is 7.76. The van der Waals surface area contributed by atoms with Crippen LogP contribution in [0.1, 0.15) is 28.0 Å². The van der Waals surface area contributed by atoms with Gasteiger partial charge in [0.05, 0.1) is 22.5 Å². The summed E-state index contributed by atoms with van der Waals surface area (Å²) in [4.78, 5) is 16.2. The second-order valence-corrected chi connectivity index (χ2v) is 7.09. The summed E-state index contributed by atoms with van der Waals surface area (Å²) in [7, 11) is 0. The molecule has 1 amide bonds. The van der Waals surface area contributed by atoms with Crippen LogP contribution in [-0.4, -0.2) is 27.2 Å². The molecule has 0 saturated carbocycles. The van der Waals surface area contributed by atoms with Gasteiger partial charge in [0.2, 0.25) is 0 Å². The highest BCUT2D eigenvalue weighted by Gasteiger charge is 2.30. The predicted molar refractivity (Wildman–Crippen MR) is 101 cm³/mol. The number of nitrogens with zero attached hydrogens (tertiary/aromatic N) is 2. The molecule has 2 aromatic heterocycles. The molecular weight excluding hydrogens is 391 g/mol. The number of nitrogens with two attached hydrogens (primary N) is 1. The number of alkyl halides is 3. The summed E-state index contributed by atoms with van der Waals surface area (Å²) in [5.74, 6) is -0.556. The molecule has 0 bridgehead atoms. The van der Waals surface area contributed by atoms with Crippen molar-refractivity contribution < 1.29 is 23.1 Å². The molecule has 0 fully saturated rings. The molecule has 0 saturated heterocycles. The van der Waals surface area contributed by atoms with Crippen molar-refractivity contribution in [2.24, 2.45) is 5.73 Å². The van der Waals surface area contributed by atoms with Gasteiger partial charge in [0.1, 0.15) is 5.01 Å². The first kappa shape index (κ1) is 20.1. The quantitative estimate of drug-likeness (QED) is 0.644. The fraction of sp³-hybridized carbons (Fsp3) is 0.263. The molecule has 0 atom stereocenters. The number of benzene rings is 1.